The number of methoxy groups -OCH3 is 1. The van der Waals surface area contributed by atoms with E-state index in [2.05, 4.69) is 16.8 Å². The number of carbonyl (C=O) groups is 2. The molecule has 5 heterocycles. The first-order chi connectivity index (χ1) is 25.3. The lowest BCUT2D eigenvalue weighted by molar-refractivity contribution is -0.0117. The van der Waals surface area contributed by atoms with E-state index < -0.39 is 39.0 Å². The summed E-state index contributed by atoms with van der Waals surface area (Å²) >= 11 is 6.93. The fourth-order valence-corrected chi connectivity index (χ4v) is 9.39. The first-order valence-electron chi connectivity index (χ1n) is 17.7. The van der Waals surface area contributed by atoms with E-state index >= 15 is 4.39 Å². The Morgan fingerprint density at radius 1 is 1.06 bits per heavy atom. The summed E-state index contributed by atoms with van der Waals surface area (Å²) in [4.78, 5) is 46.4. The second kappa shape index (κ2) is 14.8. The molecule has 2 bridgehead atoms. The van der Waals surface area contributed by atoms with Crippen LogP contribution in [0.4, 0.5) is 10.1 Å². The topological polar surface area (TPSA) is 151 Å². The molecule has 2 amide bonds. The highest BCUT2D eigenvalue weighted by Crippen LogP contribution is 2.39. The Morgan fingerprint density at radius 2 is 1.79 bits per heavy atom. The van der Waals surface area contributed by atoms with Crippen LogP contribution in [-0.4, -0.2) is 119 Å². The van der Waals surface area contributed by atoms with Gasteiger partial charge in [0.2, 0.25) is 0 Å². The molecule has 0 saturated carbocycles. The maximum absolute atomic E-state index is 15.7. The van der Waals surface area contributed by atoms with E-state index in [1.165, 1.54) is 4.90 Å². The van der Waals surface area contributed by atoms with E-state index in [0.717, 1.165) is 53.6 Å². The van der Waals surface area contributed by atoms with Gasteiger partial charge in [0.15, 0.2) is 0 Å². The number of nitrogens with one attached hydrogen (secondary N) is 1. The standard InChI is InChI=1S/C36H43ClFN5O9S/c1-5-50-31-13-25(29(38)12-26(31)34(44)39-53(47,48)43-16-22-6-7-23(17-43)51-22)35(45)42-9-8-24-27(18-42)36(46)52-33-20(2)30(14-28(37)32(24)33)41-11-10-40(3)21(15-41)19-49-4/h12-14,21-23H,5-11,15-19H2,1-4H3,(H,39,44)/t21-,22?,23?/m1/s1. The second-order valence-corrected chi connectivity index (χ2v) is 16.1. The molecule has 3 atom stereocenters. The zero-order chi connectivity index (χ0) is 37.8. The minimum Gasteiger partial charge on any atom is -0.493 e. The maximum atomic E-state index is 15.7. The van der Waals surface area contributed by atoms with Crippen LogP contribution in [0.25, 0.3) is 11.0 Å². The molecule has 53 heavy (non-hydrogen) atoms. The van der Waals surface area contributed by atoms with Gasteiger partial charge in [-0.3, -0.25) is 14.5 Å². The summed E-state index contributed by atoms with van der Waals surface area (Å²) in [6.07, 6.45) is 1.22. The lowest BCUT2D eigenvalue weighted by Crippen LogP contribution is -2.53. The molecule has 0 radical (unpaired) electrons. The third-order valence-electron chi connectivity index (χ3n) is 10.7. The van der Waals surface area contributed by atoms with Gasteiger partial charge in [0.1, 0.15) is 17.1 Å². The Kier molecular flexibility index (Phi) is 10.5. The number of morpholine rings is 1. The lowest BCUT2D eigenvalue weighted by atomic mass is 9.94. The predicted molar refractivity (Wildman–Crippen MR) is 195 cm³/mol. The number of hydrogen-bond acceptors (Lipinski definition) is 11. The van der Waals surface area contributed by atoms with Crippen LogP contribution in [0.3, 0.4) is 0 Å². The van der Waals surface area contributed by atoms with Crippen molar-refractivity contribution in [2.45, 2.75) is 57.9 Å². The average Bonchev–Trinajstić information content (AvgIpc) is 3.47. The SMILES string of the molecule is CCOc1cc(C(=O)N2CCc3c(c(=O)oc4c(C)c(N5CCN(C)[C@@H](COC)C5)cc(Cl)c34)C2)c(F)cc1C(=O)NS(=O)(=O)N1CC2CCC(C1)O2. The van der Waals surface area contributed by atoms with Gasteiger partial charge in [-0.1, -0.05) is 11.6 Å². The van der Waals surface area contributed by atoms with Crippen molar-refractivity contribution in [1.82, 2.24) is 18.8 Å². The smallest absolute Gasteiger partial charge is 0.341 e. The molecule has 14 nitrogen and oxygen atoms in total. The molecule has 4 aliphatic heterocycles. The molecule has 4 aliphatic rings. The van der Waals surface area contributed by atoms with E-state index in [4.69, 9.17) is 30.2 Å². The lowest BCUT2D eigenvalue weighted by Gasteiger charge is -2.41. The largest absolute Gasteiger partial charge is 0.493 e. The monoisotopic (exact) mass is 775 g/mol. The van der Waals surface area contributed by atoms with Crippen LogP contribution in [-0.2, 0) is 32.6 Å². The summed E-state index contributed by atoms with van der Waals surface area (Å²) in [5, 5.41) is 1.03. The molecule has 0 aliphatic carbocycles. The third kappa shape index (κ3) is 7.12. The molecule has 0 spiro atoms. The molecule has 3 fully saturated rings. The Labute approximate surface area is 311 Å². The molecule has 7 rings (SSSR count). The number of piperazine rings is 1. The highest BCUT2D eigenvalue weighted by atomic mass is 35.5. The summed E-state index contributed by atoms with van der Waals surface area (Å²) in [7, 11) is -0.532. The fraction of sp³-hybridized carbons (Fsp3) is 0.528. The molecule has 286 valence electrons. The molecular formula is C36H43ClFN5O9S. The van der Waals surface area contributed by atoms with Crippen LogP contribution >= 0.6 is 11.6 Å². The van der Waals surface area contributed by atoms with Gasteiger partial charge in [-0.2, -0.15) is 12.7 Å². The van der Waals surface area contributed by atoms with E-state index in [1.807, 2.05) is 17.7 Å². The van der Waals surface area contributed by atoms with Crippen LogP contribution in [0.5, 0.6) is 5.75 Å². The Morgan fingerprint density at radius 3 is 2.49 bits per heavy atom. The first kappa shape index (κ1) is 37.5. The van der Waals surface area contributed by atoms with Gasteiger partial charge < -0.3 is 28.4 Å². The van der Waals surface area contributed by atoms with Gasteiger partial charge in [0.05, 0.1) is 59.7 Å². The van der Waals surface area contributed by atoms with Crippen molar-refractivity contribution in [2.24, 2.45) is 0 Å². The summed E-state index contributed by atoms with van der Waals surface area (Å²) in [6, 6.07) is 3.96. The van der Waals surface area contributed by atoms with Gasteiger partial charge in [0, 0.05) is 63.0 Å². The van der Waals surface area contributed by atoms with Crippen LogP contribution in [0.2, 0.25) is 5.02 Å². The molecule has 3 aromatic rings. The number of halogens is 2. The highest BCUT2D eigenvalue weighted by Gasteiger charge is 2.40. The van der Waals surface area contributed by atoms with Crippen molar-refractivity contribution in [1.29, 1.82) is 0 Å². The van der Waals surface area contributed by atoms with Gasteiger partial charge in [-0.15, -0.1) is 0 Å². The minimum absolute atomic E-state index is 0.0504. The fourth-order valence-electron chi connectivity index (χ4n) is 7.89. The number of aryl methyl sites for hydroxylation is 1. The molecule has 1 aromatic heterocycles. The quantitative estimate of drug-likeness (QED) is 0.320. The first-order valence-corrected chi connectivity index (χ1v) is 19.6. The van der Waals surface area contributed by atoms with E-state index in [1.54, 1.807) is 14.0 Å². The molecular weight excluding hydrogens is 733 g/mol. The highest BCUT2D eigenvalue weighted by molar-refractivity contribution is 7.87. The van der Waals surface area contributed by atoms with Gasteiger partial charge in [-0.25, -0.2) is 13.9 Å². The van der Waals surface area contributed by atoms with Crippen LogP contribution < -0.4 is 20.0 Å². The van der Waals surface area contributed by atoms with Crippen LogP contribution in [0.1, 0.15) is 57.2 Å². The van der Waals surface area contributed by atoms with E-state index in [0.29, 0.717) is 34.7 Å². The summed E-state index contributed by atoms with van der Waals surface area (Å²) in [5.41, 5.74) is 1.56. The third-order valence-corrected chi connectivity index (χ3v) is 12.4. The summed E-state index contributed by atoms with van der Waals surface area (Å²) in [5.74, 6) is -3.05. The number of anilines is 1. The van der Waals surface area contributed by atoms with Crippen molar-refractivity contribution in [2.75, 3.05) is 71.5 Å². The average molecular weight is 776 g/mol. The summed E-state index contributed by atoms with van der Waals surface area (Å²) in [6.45, 7) is 6.63. The Balaban J connectivity index is 1.13. The van der Waals surface area contributed by atoms with Crippen molar-refractivity contribution in [3.05, 3.63) is 67.3 Å². The number of amides is 2. The molecule has 1 N–H and O–H groups in total. The number of likely N-dealkylation sites (N-methyl/N-ethyl adjacent to an activating group) is 1. The number of benzene rings is 2. The number of fused-ring (bicyclic) bond motifs is 5. The van der Waals surface area contributed by atoms with Gasteiger partial charge in [-0.05, 0) is 63.9 Å². The maximum Gasteiger partial charge on any atom is 0.341 e. The predicted octanol–water partition coefficient (Wildman–Crippen LogP) is 3.10. The van der Waals surface area contributed by atoms with Crippen molar-refractivity contribution in [3.63, 3.8) is 0 Å². The Hall–Kier alpha value is -3.80. The van der Waals surface area contributed by atoms with Crippen LogP contribution in [0, 0.1) is 12.7 Å². The second-order valence-electron chi connectivity index (χ2n) is 14.0. The molecule has 2 aromatic carbocycles. The number of carbonyl (C=O) groups excluding carboxylic acids is 2. The normalized spacial score (nSPS) is 22.3. The number of nitrogens with zero attached hydrogens (tertiary/aromatic N) is 4. The van der Waals surface area contributed by atoms with E-state index in [-0.39, 0.29) is 74.3 Å². The van der Waals surface area contributed by atoms with Crippen LogP contribution in [0.15, 0.2) is 27.4 Å². The van der Waals surface area contributed by atoms with Gasteiger partial charge >= 0.3 is 15.8 Å². The zero-order valence-electron chi connectivity index (χ0n) is 30.1. The zero-order valence-corrected chi connectivity index (χ0v) is 31.6. The number of hydrogen-bond donors (Lipinski definition) is 1. The summed E-state index contributed by atoms with van der Waals surface area (Å²) < 4.78 is 67.7. The minimum atomic E-state index is -4.27. The van der Waals surface area contributed by atoms with E-state index in [9.17, 15) is 22.8 Å². The number of rotatable bonds is 9. The molecule has 17 heteroatoms. The Bertz CT molecular complexity index is 2120. The van der Waals surface area contributed by atoms with Gasteiger partial charge in [0.25, 0.3) is 11.8 Å². The van der Waals surface area contributed by atoms with Crippen molar-refractivity contribution < 1.29 is 41.0 Å². The van der Waals surface area contributed by atoms with Crippen molar-refractivity contribution >= 4 is 50.3 Å². The van der Waals surface area contributed by atoms with Crippen molar-refractivity contribution in [3.8, 4) is 5.75 Å². The molecule has 2 unspecified atom stereocenters. The number of ether oxygens (including phenoxy) is 3. The molecule has 3 saturated heterocycles.